The number of nitrogens with two attached hydrogens (primary N) is 1. The lowest BCUT2D eigenvalue weighted by Gasteiger charge is -2.09. The van der Waals surface area contributed by atoms with Crippen LogP contribution < -0.4 is 5.73 Å². The molecule has 16 heavy (non-hydrogen) atoms. The van der Waals surface area contributed by atoms with Crippen LogP contribution in [0.25, 0.3) is 0 Å². The Labute approximate surface area is 98.3 Å². The first-order chi connectivity index (χ1) is 6.99. The van der Waals surface area contributed by atoms with Gasteiger partial charge in [0.1, 0.15) is 17.1 Å². The van der Waals surface area contributed by atoms with Gasteiger partial charge in [-0.2, -0.15) is 0 Å². The second kappa shape index (κ2) is 5.55. The van der Waals surface area contributed by atoms with Gasteiger partial charge in [-0.1, -0.05) is 13.3 Å². The third kappa shape index (κ3) is 2.55. The maximum absolute atomic E-state index is 13.3. The quantitative estimate of drug-likeness (QED) is 0.566. The second-order valence-electron chi connectivity index (χ2n) is 3.21. The van der Waals surface area contributed by atoms with Crippen LogP contribution in [0.3, 0.4) is 0 Å². The van der Waals surface area contributed by atoms with E-state index in [0.29, 0.717) is 18.4 Å². The Morgan fingerprint density at radius 2 is 2.12 bits per heavy atom. The lowest BCUT2D eigenvalue weighted by molar-refractivity contribution is 0.0692. The van der Waals surface area contributed by atoms with Gasteiger partial charge in [0.15, 0.2) is 0 Å². The first-order valence-electron chi connectivity index (χ1n) is 4.52. The normalized spacial score (nSPS) is 9.62. The van der Waals surface area contributed by atoms with Crippen molar-refractivity contribution >= 4 is 24.1 Å². The molecular formula is C10H13ClFNO3. The van der Waals surface area contributed by atoms with Gasteiger partial charge in [-0.3, -0.25) is 0 Å². The average Bonchev–Trinajstić information content (AvgIpc) is 2.13. The fraction of sp³-hybridized carbons (Fsp3) is 0.300. The molecule has 0 amide bonds. The van der Waals surface area contributed by atoms with Crippen LogP contribution in [-0.2, 0) is 6.42 Å². The lowest BCUT2D eigenvalue weighted by Crippen LogP contribution is -2.07. The van der Waals surface area contributed by atoms with Crippen LogP contribution in [0.5, 0.6) is 5.75 Å². The highest BCUT2D eigenvalue weighted by atomic mass is 35.5. The molecule has 0 saturated heterocycles. The lowest BCUT2D eigenvalue weighted by atomic mass is 10.0. The Morgan fingerprint density at radius 3 is 2.56 bits per heavy atom. The van der Waals surface area contributed by atoms with Crippen LogP contribution in [0.15, 0.2) is 6.07 Å². The molecule has 0 spiro atoms. The molecule has 0 radical (unpaired) electrons. The number of carboxylic acid groups (broad SMARTS) is 1. The molecule has 4 nitrogen and oxygen atoms in total. The topological polar surface area (TPSA) is 83.5 Å². The zero-order valence-electron chi connectivity index (χ0n) is 8.66. The van der Waals surface area contributed by atoms with E-state index in [-0.39, 0.29) is 18.2 Å². The predicted octanol–water partition coefficient (Wildman–Crippen LogP) is 2.19. The zero-order valence-corrected chi connectivity index (χ0v) is 9.47. The van der Waals surface area contributed by atoms with Gasteiger partial charge in [-0.15, -0.1) is 12.4 Å². The highest BCUT2D eigenvalue weighted by Gasteiger charge is 2.20. The number of anilines is 1. The van der Waals surface area contributed by atoms with Gasteiger partial charge in [0, 0.05) is 0 Å². The SMILES string of the molecule is CCCc1cc(F)c(C(=O)O)c(N)c1O.Cl. The Balaban J connectivity index is 0.00000225. The molecule has 0 heterocycles. The zero-order chi connectivity index (χ0) is 11.6. The summed E-state index contributed by atoms with van der Waals surface area (Å²) in [5.74, 6) is -2.74. The number of benzene rings is 1. The number of hydrogen-bond donors (Lipinski definition) is 3. The predicted molar refractivity (Wildman–Crippen MR) is 60.7 cm³/mol. The van der Waals surface area contributed by atoms with E-state index in [2.05, 4.69) is 0 Å². The summed E-state index contributed by atoms with van der Waals surface area (Å²) in [6.45, 7) is 1.86. The summed E-state index contributed by atoms with van der Waals surface area (Å²) in [6, 6.07) is 1.01. The van der Waals surface area contributed by atoms with E-state index in [4.69, 9.17) is 10.8 Å². The number of hydrogen-bond acceptors (Lipinski definition) is 3. The minimum absolute atomic E-state index is 0. The second-order valence-corrected chi connectivity index (χ2v) is 3.21. The van der Waals surface area contributed by atoms with E-state index in [1.54, 1.807) is 0 Å². The van der Waals surface area contributed by atoms with Gasteiger partial charge in [0.2, 0.25) is 0 Å². The van der Waals surface area contributed by atoms with Crippen molar-refractivity contribution in [1.82, 2.24) is 0 Å². The van der Waals surface area contributed by atoms with Crippen molar-refractivity contribution in [2.75, 3.05) is 5.73 Å². The average molecular weight is 250 g/mol. The van der Waals surface area contributed by atoms with Crippen molar-refractivity contribution in [3.05, 3.63) is 23.0 Å². The van der Waals surface area contributed by atoms with E-state index >= 15 is 0 Å². The molecule has 6 heteroatoms. The highest BCUT2D eigenvalue weighted by molar-refractivity contribution is 5.95. The maximum atomic E-state index is 13.3. The molecule has 0 saturated carbocycles. The van der Waals surface area contributed by atoms with Gasteiger partial charge in [0.25, 0.3) is 0 Å². The fourth-order valence-corrected chi connectivity index (χ4v) is 1.39. The first-order valence-corrected chi connectivity index (χ1v) is 4.52. The monoisotopic (exact) mass is 249 g/mol. The molecule has 0 aliphatic carbocycles. The Kier molecular flexibility index (Phi) is 5.04. The van der Waals surface area contributed by atoms with E-state index in [0.717, 1.165) is 6.07 Å². The fourth-order valence-electron chi connectivity index (χ4n) is 1.39. The summed E-state index contributed by atoms with van der Waals surface area (Å²) < 4.78 is 13.3. The molecule has 90 valence electrons. The summed E-state index contributed by atoms with van der Waals surface area (Å²) in [5, 5.41) is 18.2. The number of carbonyl (C=O) groups is 1. The van der Waals surface area contributed by atoms with Crippen molar-refractivity contribution in [3.8, 4) is 5.75 Å². The Bertz CT molecular complexity index is 410. The van der Waals surface area contributed by atoms with Gasteiger partial charge < -0.3 is 15.9 Å². The van der Waals surface area contributed by atoms with Crippen molar-refractivity contribution in [3.63, 3.8) is 0 Å². The number of nitrogen functional groups attached to an aromatic ring is 1. The number of carboxylic acids is 1. The molecule has 1 aromatic carbocycles. The van der Waals surface area contributed by atoms with E-state index in [1.807, 2.05) is 6.92 Å². The largest absolute Gasteiger partial charge is 0.505 e. The highest BCUT2D eigenvalue weighted by Crippen LogP contribution is 2.31. The molecule has 0 fully saturated rings. The van der Waals surface area contributed by atoms with E-state index in [9.17, 15) is 14.3 Å². The van der Waals surface area contributed by atoms with Crippen LogP contribution in [0.1, 0.15) is 29.3 Å². The number of aromatic hydroxyl groups is 1. The van der Waals surface area contributed by atoms with Crippen molar-refractivity contribution in [2.45, 2.75) is 19.8 Å². The minimum atomic E-state index is -1.48. The van der Waals surface area contributed by atoms with Crippen LogP contribution in [0.4, 0.5) is 10.1 Å². The van der Waals surface area contributed by atoms with Gasteiger partial charge in [0.05, 0.1) is 5.69 Å². The summed E-state index contributed by atoms with van der Waals surface area (Å²) >= 11 is 0. The van der Waals surface area contributed by atoms with Gasteiger partial charge in [-0.05, 0) is 18.1 Å². The number of phenolic OH excluding ortho intramolecular Hbond substituents is 1. The summed E-state index contributed by atoms with van der Waals surface area (Å²) in [7, 11) is 0. The number of aryl methyl sites for hydroxylation is 1. The Hall–Kier alpha value is -1.49. The number of rotatable bonds is 3. The molecule has 0 aliphatic heterocycles. The minimum Gasteiger partial charge on any atom is -0.505 e. The molecule has 0 aliphatic rings. The van der Waals surface area contributed by atoms with E-state index in [1.165, 1.54) is 0 Å². The number of phenols is 1. The molecule has 0 bridgehead atoms. The van der Waals surface area contributed by atoms with Crippen LogP contribution in [0, 0.1) is 5.82 Å². The van der Waals surface area contributed by atoms with Crippen LogP contribution >= 0.6 is 12.4 Å². The third-order valence-electron chi connectivity index (χ3n) is 2.10. The third-order valence-corrected chi connectivity index (χ3v) is 2.10. The van der Waals surface area contributed by atoms with Crippen molar-refractivity contribution in [2.24, 2.45) is 0 Å². The molecular weight excluding hydrogens is 237 g/mol. The van der Waals surface area contributed by atoms with E-state index < -0.39 is 23.0 Å². The summed E-state index contributed by atoms with van der Waals surface area (Å²) in [6.07, 6.45) is 1.16. The van der Waals surface area contributed by atoms with Crippen molar-refractivity contribution in [1.29, 1.82) is 0 Å². The first kappa shape index (κ1) is 14.5. The van der Waals surface area contributed by atoms with Gasteiger partial charge in [-0.25, -0.2) is 9.18 Å². The smallest absolute Gasteiger partial charge is 0.340 e. The van der Waals surface area contributed by atoms with Crippen LogP contribution in [0.2, 0.25) is 0 Å². The van der Waals surface area contributed by atoms with Crippen molar-refractivity contribution < 1.29 is 19.4 Å². The molecule has 1 aromatic rings. The number of halogens is 2. The summed E-state index contributed by atoms with van der Waals surface area (Å²) in [5.41, 5.74) is 4.59. The Morgan fingerprint density at radius 1 is 1.56 bits per heavy atom. The van der Waals surface area contributed by atoms with Gasteiger partial charge >= 0.3 is 5.97 Å². The molecule has 0 aromatic heterocycles. The molecule has 1 rings (SSSR count). The molecule has 0 unspecified atom stereocenters. The maximum Gasteiger partial charge on any atom is 0.340 e. The van der Waals surface area contributed by atoms with Crippen LogP contribution in [-0.4, -0.2) is 16.2 Å². The molecule has 4 N–H and O–H groups in total. The standard InChI is InChI=1S/C10H12FNO3.ClH/c1-2-3-5-4-6(11)7(10(14)15)8(12)9(5)13;/h4,13H,2-3,12H2,1H3,(H,14,15);1H. The molecule has 0 atom stereocenters. The number of aromatic carboxylic acids is 1. The summed E-state index contributed by atoms with van der Waals surface area (Å²) in [4.78, 5) is 10.6.